The first kappa shape index (κ1) is 19.9. The van der Waals surface area contributed by atoms with Crippen LogP contribution in [0, 0.1) is 0 Å². The lowest BCUT2D eigenvalue weighted by Crippen LogP contribution is -1.97. The van der Waals surface area contributed by atoms with E-state index in [-0.39, 0.29) is 5.75 Å². The Morgan fingerprint density at radius 1 is 0.786 bits per heavy atom. The van der Waals surface area contributed by atoms with Crippen LogP contribution >= 0.6 is 0 Å². The molecular formula is C24H28N2O2. The van der Waals surface area contributed by atoms with Gasteiger partial charge in [0.15, 0.2) is 5.82 Å². The van der Waals surface area contributed by atoms with E-state index >= 15 is 0 Å². The molecule has 146 valence electrons. The number of ether oxygens (including phenoxy) is 1. The summed E-state index contributed by atoms with van der Waals surface area (Å²) in [5.41, 5.74) is 2.80. The third-order valence-electron chi connectivity index (χ3n) is 4.71. The predicted octanol–water partition coefficient (Wildman–Crippen LogP) is 6.26. The molecule has 0 aliphatic rings. The average molecular weight is 377 g/mol. The molecule has 3 rings (SSSR count). The highest BCUT2D eigenvalue weighted by Gasteiger charge is 2.04. The van der Waals surface area contributed by atoms with Crippen LogP contribution in [-0.2, 0) is 0 Å². The largest absolute Gasteiger partial charge is 0.508 e. The molecule has 0 fully saturated rings. The van der Waals surface area contributed by atoms with Crippen LogP contribution in [0.15, 0.2) is 60.9 Å². The van der Waals surface area contributed by atoms with Gasteiger partial charge in [0.2, 0.25) is 0 Å². The Bertz CT molecular complexity index is 845. The second-order valence-corrected chi connectivity index (χ2v) is 6.99. The molecule has 0 aliphatic heterocycles. The van der Waals surface area contributed by atoms with Gasteiger partial charge in [-0.25, -0.2) is 9.97 Å². The summed E-state index contributed by atoms with van der Waals surface area (Å²) in [6.45, 7) is 3.01. The fraction of sp³-hybridized carbons (Fsp3) is 0.333. The van der Waals surface area contributed by atoms with Crippen LogP contribution in [0.1, 0.15) is 45.4 Å². The van der Waals surface area contributed by atoms with E-state index in [1.54, 1.807) is 30.6 Å². The number of phenolic OH excluding ortho intramolecular Hbond substituents is 1. The molecule has 0 saturated heterocycles. The van der Waals surface area contributed by atoms with Crippen LogP contribution in [0.25, 0.3) is 22.5 Å². The zero-order valence-corrected chi connectivity index (χ0v) is 16.5. The third-order valence-corrected chi connectivity index (χ3v) is 4.71. The zero-order chi connectivity index (χ0) is 19.6. The van der Waals surface area contributed by atoms with Crippen LogP contribution < -0.4 is 4.74 Å². The van der Waals surface area contributed by atoms with E-state index in [1.807, 2.05) is 30.3 Å². The molecule has 0 radical (unpaired) electrons. The van der Waals surface area contributed by atoms with E-state index < -0.39 is 0 Å². The number of hydrogen-bond donors (Lipinski definition) is 1. The molecule has 3 aromatic rings. The standard InChI is InChI=1S/C24H28N2O2/c1-2-3-4-5-6-7-15-28-23-13-11-19(12-14-23)21-17-25-24(26-18-21)20-9-8-10-22(27)16-20/h8-14,16-18,27H,2-7,15H2,1H3. The Morgan fingerprint density at radius 2 is 1.50 bits per heavy atom. The highest BCUT2D eigenvalue weighted by atomic mass is 16.5. The number of benzene rings is 2. The maximum absolute atomic E-state index is 9.59. The van der Waals surface area contributed by atoms with Crippen molar-refractivity contribution in [2.24, 2.45) is 0 Å². The second kappa shape index (κ2) is 10.5. The summed E-state index contributed by atoms with van der Waals surface area (Å²) in [4.78, 5) is 8.85. The van der Waals surface area contributed by atoms with Crippen molar-refractivity contribution in [2.75, 3.05) is 6.61 Å². The van der Waals surface area contributed by atoms with Gasteiger partial charge in [0, 0.05) is 23.5 Å². The second-order valence-electron chi connectivity index (χ2n) is 6.99. The topological polar surface area (TPSA) is 55.2 Å². The van der Waals surface area contributed by atoms with Crippen LogP contribution in [0.3, 0.4) is 0 Å². The van der Waals surface area contributed by atoms with E-state index in [2.05, 4.69) is 16.9 Å². The Morgan fingerprint density at radius 3 is 2.21 bits per heavy atom. The summed E-state index contributed by atoms with van der Waals surface area (Å²) in [7, 11) is 0. The molecule has 0 saturated carbocycles. The Balaban J connectivity index is 1.52. The molecule has 4 nitrogen and oxygen atoms in total. The lowest BCUT2D eigenvalue weighted by Gasteiger charge is -2.08. The van der Waals surface area contributed by atoms with Crippen molar-refractivity contribution in [3.63, 3.8) is 0 Å². The summed E-state index contributed by atoms with van der Waals surface area (Å²) in [6, 6.07) is 15.0. The quantitative estimate of drug-likeness (QED) is 0.425. The van der Waals surface area contributed by atoms with Gasteiger partial charge < -0.3 is 9.84 Å². The molecule has 0 unspecified atom stereocenters. The van der Waals surface area contributed by atoms with E-state index in [1.165, 1.54) is 32.1 Å². The third kappa shape index (κ3) is 5.81. The first-order valence-corrected chi connectivity index (χ1v) is 10.1. The smallest absolute Gasteiger partial charge is 0.159 e. The average Bonchev–Trinajstić information content (AvgIpc) is 2.74. The monoisotopic (exact) mass is 376 g/mol. The molecule has 28 heavy (non-hydrogen) atoms. The highest BCUT2D eigenvalue weighted by molar-refractivity contribution is 5.64. The van der Waals surface area contributed by atoms with Crippen molar-refractivity contribution >= 4 is 0 Å². The van der Waals surface area contributed by atoms with Gasteiger partial charge >= 0.3 is 0 Å². The van der Waals surface area contributed by atoms with E-state index in [0.29, 0.717) is 5.82 Å². The van der Waals surface area contributed by atoms with E-state index in [9.17, 15) is 5.11 Å². The number of rotatable bonds is 10. The number of nitrogens with zero attached hydrogens (tertiary/aromatic N) is 2. The van der Waals surface area contributed by atoms with Crippen molar-refractivity contribution in [3.8, 4) is 34.0 Å². The first-order valence-electron chi connectivity index (χ1n) is 10.1. The molecule has 0 amide bonds. The highest BCUT2D eigenvalue weighted by Crippen LogP contribution is 2.24. The maximum atomic E-state index is 9.59. The van der Waals surface area contributed by atoms with Gasteiger partial charge in [-0.1, -0.05) is 63.3 Å². The summed E-state index contributed by atoms with van der Waals surface area (Å²) in [6.07, 6.45) is 11.2. The maximum Gasteiger partial charge on any atom is 0.159 e. The minimum absolute atomic E-state index is 0.210. The molecule has 2 aromatic carbocycles. The number of aromatic hydroxyl groups is 1. The fourth-order valence-electron chi connectivity index (χ4n) is 3.09. The van der Waals surface area contributed by atoms with Crippen LogP contribution in [-0.4, -0.2) is 21.7 Å². The van der Waals surface area contributed by atoms with Gasteiger partial charge in [0.1, 0.15) is 11.5 Å². The minimum Gasteiger partial charge on any atom is -0.508 e. The first-order chi connectivity index (χ1) is 13.8. The van der Waals surface area contributed by atoms with Crippen molar-refractivity contribution in [3.05, 3.63) is 60.9 Å². The van der Waals surface area contributed by atoms with E-state index in [4.69, 9.17) is 4.74 Å². The molecule has 0 atom stereocenters. The van der Waals surface area contributed by atoms with Gasteiger partial charge in [-0.3, -0.25) is 0 Å². The summed E-state index contributed by atoms with van der Waals surface area (Å²) >= 11 is 0. The molecule has 1 N–H and O–H groups in total. The van der Waals surface area contributed by atoms with Crippen molar-refractivity contribution in [1.82, 2.24) is 9.97 Å². The Hall–Kier alpha value is -2.88. The zero-order valence-electron chi connectivity index (χ0n) is 16.5. The molecule has 0 bridgehead atoms. The summed E-state index contributed by atoms with van der Waals surface area (Å²) in [5.74, 6) is 1.70. The van der Waals surface area contributed by atoms with Crippen molar-refractivity contribution in [2.45, 2.75) is 45.4 Å². The van der Waals surface area contributed by atoms with Crippen LogP contribution in [0.5, 0.6) is 11.5 Å². The lowest BCUT2D eigenvalue weighted by molar-refractivity contribution is 0.304. The van der Waals surface area contributed by atoms with Crippen molar-refractivity contribution in [1.29, 1.82) is 0 Å². The molecule has 0 aliphatic carbocycles. The Kier molecular flexibility index (Phi) is 7.42. The van der Waals surface area contributed by atoms with Gasteiger partial charge in [0.05, 0.1) is 6.61 Å². The van der Waals surface area contributed by atoms with Crippen molar-refractivity contribution < 1.29 is 9.84 Å². The van der Waals surface area contributed by atoms with Gasteiger partial charge in [-0.15, -0.1) is 0 Å². The fourth-order valence-corrected chi connectivity index (χ4v) is 3.09. The lowest BCUT2D eigenvalue weighted by atomic mass is 10.1. The van der Waals surface area contributed by atoms with Crippen LogP contribution in [0.4, 0.5) is 0 Å². The molecular weight excluding hydrogens is 348 g/mol. The molecule has 0 spiro atoms. The SMILES string of the molecule is CCCCCCCCOc1ccc(-c2cnc(-c3cccc(O)c3)nc2)cc1. The van der Waals surface area contributed by atoms with Crippen LogP contribution in [0.2, 0.25) is 0 Å². The predicted molar refractivity (Wildman–Crippen MR) is 113 cm³/mol. The molecule has 1 aromatic heterocycles. The summed E-state index contributed by atoms with van der Waals surface area (Å²) < 4.78 is 5.84. The molecule has 1 heterocycles. The molecule has 4 heteroatoms. The Labute approximate surface area is 167 Å². The normalized spacial score (nSPS) is 10.8. The van der Waals surface area contributed by atoms with Gasteiger partial charge in [-0.2, -0.15) is 0 Å². The minimum atomic E-state index is 0.210. The number of aromatic nitrogens is 2. The summed E-state index contributed by atoms with van der Waals surface area (Å²) in [5, 5.41) is 9.59. The van der Waals surface area contributed by atoms with Gasteiger partial charge in [0.25, 0.3) is 0 Å². The van der Waals surface area contributed by atoms with Gasteiger partial charge in [-0.05, 0) is 36.2 Å². The number of unbranched alkanes of at least 4 members (excludes halogenated alkanes) is 5. The number of hydrogen-bond acceptors (Lipinski definition) is 4. The number of phenols is 1. The van der Waals surface area contributed by atoms with E-state index in [0.717, 1.165) is 35.5 Å².